The number of nitrogens with zero attached hydrogens (tertiary/aromatic N) is 2. The van der Waals surface area contributed by atoms with Crippen LogP contribution >= 0.6 is 0 Å². The van der Waals surface area contributed by atoms with Crippen LogP contribution in [0.1, 0.15) is 31.2 Å². The van der Waals surface area contributed by atoms with Crippen LogP contribution in [0.15, 0.2) is 24.3 Å². The van der Waals surface area contributed by atoms with E-state index >= 15 is 0 Å². The zero-order chi connectivity index (χ0) is 16.9. The van der Waals surface area contributed by atoms with E-state index in [1.165, 1.54) is 6.07 Å². The van der Waals surface area contributed by atoms with E-state index in [1.807, 2.05) is 12.1 Å². The lowest BCUT2D eigenvalue weighted by Crippen LogP contribution is -2.47. The van der Waals surface area contributed by atoms with E-state index in [2.05, 4.69) is 22.2 Å². The van der Waals surface area contributed by atoms with Gasteiger partial charge < -0.3 is 10.2 Å². The van der Waals surface area contributed by atoms with Crippen LogP contribution in [0.4, 0.5) is 4.39 Å². The Labute approximate surface area is 144 Å². The highest BCUT2D eigenvalue weighted by molar-refractivity contribution is 5.79. The Hall–Kier alpha value is -1.46. The minimum absolute atomic E-state index is 0.113. The minimum atomic E-state index is -0.139. The molecule has 132 valence electrons. The van der Waals surface area contributed by atoms with E-state index < -0.39 is 0 Å². The molecule has 5 heteroatoms. The van der Waals surface area contributed by atoms with Crippen LogP contribution < -0.4 is 5.32 Å². The van der Waals surface area contributed by atoms with Gasteiger partial charge in [-0.3, -0.25) is 9.69 Å². The normalized spacial score (nSPS) is 21.8. The fourth-order valence-corrected chi connectivity index (χ4v) is 3.69. The molecule has 1 N–H and O–H groups in total. The lowest BCUT2D eigenvalue weighted by Gasteiger charge is -2.34. The van der Waals surface area contributed by atoms with Gasteiger partial charge >= 0.3 is 0 Å². The average molecular weight is 333 g/mol. The van der Waals surface area contributed by atoms with Crippen molar-refractivity contribution in [3.63, 3.8) is 0 Å². The molecule has 2 aliphatic rings. The summed E-state index contributed by atoms with van der Waals surface area (Å²) in [6, 6.07) is 7.29. The largest absolute Gasteiger partial charge is 0.353 e. The average Bonchev–Trinajstić information content (AvgIpc) is 2.59. The van der Waals surface area contributed by atoms with Gasteiger partial charge in [-0.2, -0.15) is 0 Å². The number of likely N-dealkylation sites (tertiary alicyclic amines) is 2. The van der Waals surface area contributed by atoms with E-state index in [9.17, 15) is 9.18 Å². The van der Waals surface area contributed by atoms with Gasteiger partial charge in [0, 0.05) is 24.1 Å². The molecule has 2 heterocycles. The molecule has 0 bridgehead atoms. The molecule has 2 saturated heterocycles. The van der Waals surface area contributed by atoms with Gasteiger partial charge in [0.2, 0.25) is 5.91 Å². The van der Waals surface area contributed by atoms with Crippen molar-refractivity contribution in [3.05, 3.63) is 35.6 Å². The Balaban J connectivity index is 1.43. The molecule has 3 rings (SSSR count). The van der Waals surface area contributed by atoms with Gasteiger partial charge in [-0.25, -0.2) is 4.39 Å². The van der Waals surface area contributed by atoms with Crippen LogP contribution in [0.3, 0.4) is 0 Å². The molecule has 2 aliphatic heterocycles. The van der Waals surface area contributed by atoms with Crippen molar-refractivity contribution in [2.75, 3.05) is 33.2 Å². The number of rotatable bonds is 4. The van der Waals surface area contributed by atoms with Crippen LogP contribution in [0.25, 0.3) is 0 Å². The predicted octanol–water partition coefficient (Wildman–Crippen LogP) is 2.25. The van der Waals surface area contributed by atoms with Crippen LogP contribution in [0.5, 0.6) is 0 Å². The van der Waals surface area contributed by atoms with Gasteiger partial charge in [0.15, 0.2) is 0 Å². The summed E-state index contributed by atoms with van der Waals surface area (Å²) < 4.78 is 13.7. The van der Waals surface area contributed by atoms with E-state index in [4.69, 9.17) is 0 Å². The predicted molar refractivity (Wildman–Crippen MR) is 93.1 cm³/mol. The summed E-state index contributed by atoms with van der Waals surface area (Å²) in [5.41, 5.74) is 0.742. The summed E-state index contributed by atoms with van der Waals surface area (Å²) >= 11 is 0. The zero-order valence-electron chi connectivity index (χ0n) is 14.5. The number of piperidine rings is 2. The number of amides is 1. The third kappa shape index (κ3) is 4.54. The van der Waals surface area contributed by atoms with Gasteiger partial charge in [-0.1, -0.05) is 18.2 Å². The van der Waals surface area contributed by atoms with Gasteiger partial charge in [-0.05, 0) is 65.0 Å². The number of hydrogen-bond acceptors (Lipinski definition) is 3. The Kier molecular flexibility index (Phi) is 5.85. The second kappa shape index (κ2) is 8.08. The Morgan fingerprint density at radius 2 is 1.79 bits per heavy atom. The maximum Gasteiger partial charge on any atom is 0.223 e. The Morgan fingerprint density at radius 3 is 2.46 bits per heavy atom. The third-order valence-corrected chi connectivity index (χ3v) is 5.38. The quantitative estimate of drug-likeness (QED) is 0.918. The van der Waals surface area contributed by atoms with Crippen LogP contribution in [-0.4, -0.2) is 55.0 Å². The first-order chi connectivity index (χ1) is 11.6. The van der Waals surface area contributed by atoms with E-state index in [1.54, 1.807) is 6.07 Å². The first-order valence-electron chi connectivity index (χ1n) is 9.06. The van der Waals surface area contributed by atoms with E-state index in [-0.39, 0.29) is 17.6 Å². The molecule has 1 aromatic carbocycles. The summed E-state index contributed by atoms with van der Waals surface area (Å²) in [5, 5.41) is 3.24. The highest BCUT2D eigenvalue weighted by Crippen LogP contribution is 2.21. The molecular formula is C19H28FN3O. The summed E-state index contributed by atoms with van der Waals surface area (Å²) in [5.74, 6) is 0.191. The molecule has 0 spiro atoms. The van der Waals surface area contributed by atoms with Crippen molar-refractivity contribution in [2.45, 2.75) is 38.3 Å². The van der Waals surface area contributed by atoms with Crippen molar-refractivity contribution in [1.29, 1.82) is 0 Å². The molecule has 0 saturated carbocycles. The second-order valence-electron chi connectivity index (χ2n) is 7.23. The second-order valence-corrected chi connectivity index (χ2v) is 7.23. The maximum absolute atomic E-state index is 13.7. The molecule has 0 atom stereocenters. The van der Waals surface area contributed by atoms with E-state index in [0.29, 0.717) is 12.6 Å². The van der Waals surface area contributed by atoms with Gasteiger partial charge in [0.1, 0.15) is 5.82 Å². The topological polar surface area (TPSA) is 35.6 Å². The SMILES string of the molecule is CN1CCC(NC(=O)C2CCN(Cc3ccccc3F)CC2)CC1. The molecule has 1 aromatic rings. The molecular weight excluding hydrogens is 305 g/mol. The zero-order valence-corrected chi connectivity index (χ0v) is 14.5. The molecule has 0 radical (unpaired) electrons. The first kappa shape index (κ1) is 17.4. The number of halogens is 1. The molecule has 0 aromatic heterocycles. The van der Waals surface area contributed by atoms with E-state index in [0.717, 1.165) is 57.4 Å². The van der Waals surface area contributed by atoms with Crippen LogP contribution in [0, 0.1) is 11.7 Å². The van der Waals surface area contributed by atoms with Crippen molar-refractivity contribution in [1.82, 2.24) is 15.1 Å². The lowest BCUT2D eigenvalue weighted by molar-refractivity contribution is -0.127. The molecule has 1 amide bonds. The highest BCUT2D eigenvalue weighted by atomic mass is 19.1. The van der Waals surface area contributed by atoms with Crippen molar-refractivity contribution in [3.8, 4) is 0 Å². The fraction of sp³-hybridized carbons (Fsp3) is 0.632. The number of benzene rings is 1. The smallest absolute Gasteiger partial charge is 0.223 e. The summed E-state index contributed by atoms with van der Waals surface area (Å²) in [6.45, 7) is 4.48. The van der Waals surface area contributed by atoms with Gasteiger partial charge in [-0.15, -0.1) is 0 Å². The standard InChI is InChI=1S/C19H28FN3O/c1-22-10-8-17(9-11-22)21-19(24)15-6-12-23(13-7-15)14-16-4-2-3-5-18(16)20/h2-5,15,17H,6-14H2,1H3,(H,21,24). The summed E-state index contributed by atoms with van der Waals surface area (Å²) in [7, 11) is 2.13. The molecule has 24 heavy (non-hydrogen) atoms. The summed E-state index contributed by atoms with van der Waals surface area (Å²) in [6.07, 6.45) is 3.84. The van der Waals surface area contributed by atoms with Gasteiger partial charge in [0.05, 0.1) is 0 Å². The van der Waals surface area contributed by atoms with Crippen molar-refractivity contribution in [2.24, 2.45) is 5.92 Å². The Bertz CT molecular complexity index is 549. The minimum Gasteiger partial charge on any atom is -0.353 e. The number of nitrogens with one attached hydrogen (secondary N) is 1. The first-order valence-corrected chi connectivity index (χ1v) is 9.06. The fourth-order valence-electron chi connectivity index (χ4n) is 3.69. The maximum atomic E-state index is 13.7. The van der Waals surface area contributed by atoms with Crippen LogP contribution in [-0.2, 0) is 11.3 Å². The molecule has 0 aliphatic carbocycles. The molecule has 2 fully saturated rings. The number of hydrogen-bond donors (Lipinski definition) is 1. The number of carbonyl (C=O) groups is 1. The van der Waals surface area contributed by atoms with Crippen molar-refractivity contribution < 1.29 is 9.18 Å². The van der Waals surface area contributed by atoms with Crippen molar-refractivity contribution >= 4 is 5.91 Å². The summed E-state index contributed by atoms with van der Waals surface area (Å²) in [4.78, 5) is 17.0. The Morgan fingerprint density at radius 1 is 1.12 bits per heavy atom. The van der Waals surface area contributed by atoms with Gasteiger partial charge in [0.25, 0.3) is 0 Å². The van der Waals surface area contributed by atoms with Crippen LogP contribution in [0.2, 0.25) is 0 Å². The third-order valence-electron chi connectivity index (χ3n) is 5.38. The lowest BCUT2D eigenvalue weighted by atomic mass is 9.94. The number of carbonyl (C=O) groups excluding carboxylic acids is 1. The highest BCUT2D eigenvalue weighted by Gasteiger charge is 2.27. The molecule has 4 nitrogen and oxygen atoms in total. The monoisotopic (exact) mass is 333 g/mol. The molecule has 0 unspecified atom stereocenters.